The van der Waals surface area contributed by atoms with Crippen molar-refractivity contribution in [1.82, 2.24) is 15.2 Å². The smallest absolute Gasteiger partial charge is 0.345 e. The van der Waals surface area contributed by atoms with E-state index in [1.807, 2.05) is 19.1 Å². The first-order chi connectivity index (χ1) is 19.2. The molecule has 0 spiro atoms. The van der Waals surface area contributed by atoms with E-state index in [2.05, 4.69) is 20.0 Å². The molecule has 1 aromatic heterocycles. The van der Waals surface area contributed by atoms with Crippen molar-refractivity contribution in [2.24, 2.45) is 4.99 Å². The Bertz CT molecular complexity index is 1390. The third kappa shape index (κ3) is 7.90. The largest absolute Gasteiger partial charge is 0.487 e. The fourth-order valence-electron chi connectivity index (χ4n) is 4.03. The van der Waals surface area contributed by atoms with E-state index < -0.39 is 24.9 Å². The summed E-state index contributed by atoms with van der Waals surface area (Å²) in [6.45, 7) is -2.23. The summed E-state index contributed by atoms with van der Waals surface area (Å²) in [5, 5.41) is 11.1. The first-order valence-corrected chi connectivity index (χ1v) is 12.5. The van der Waals surface area contributed by atoms with E-state index in [0.717, 1.165) is 23.4 Å². The number of carbonyl (C=O) groups is 1. The van der Waals surface area contributed by atoms with Gasteiger partial charge in [0.05, 0.1) is 11.6 Å². The van der Waals surface area contributed by atoms with Crippen molar-refractivity contribution < 1.29 is 32.2 Å². The molecular formula is C27H29ClF3N5O4. The van der Waals surface area contributed by atoms with Gasteiger partial charge in [0.15, 0.2) is 0 Å². The Hall–Kier alpha value is -3.74. The zero-order valence-corrected chi connectivity index (χ0v) is 22.9. The lowest BCUT2D eigenvalue weighted by atomic mass is 10.1. The molecule has 2 aromatic carbocycles. The number of nitrogens with zero attached hydrogens (tertiary/aromatic N) is 3. The number of fused-ring (bicyclic) bond motifs is 1. The maximum atomic E-state index is 14.4. The van der Waals surface area contributed by atoms with Crippen LogP contribution in [0.15, 0.2) is 41.4 Å². The standard InChI is InChI=1S/C27H29ClF3N5O4/c1-16-9-20(26(33-2)34-15-32)19-5-4-6-23(25(19)35-16)39-13-21-17(10-18(29)11-22(21)28)12-36(7-8-38-3)24(37)14-40-27(30)31/h4-6,9-11,15,27H,7-8,12-14H2,1-3H3,(H2,32,33,34). The van der Waals surface area contributed by atoms with Gasteiger partial charge in [0, 0.05) is 49.5 Å². The normalized spacial score (nSPS) is 11.7. The Labute approximate surface area is 234 Å². The monoisotopic (exact) mass is 579 g/mol. The molecule has 0 bridgehead atoms. The van der Waals surface area contributed by atoms with Gasteiger partial charge in [-0.2, -0.15) is 8.78 Å². The molecule has 0 atom stereocenters. The number of halogens is 4. The maximum absolute atomic E-state index is 14.4. The highest BCUT2D eigenvalue weighted by Crippen LogP contribution is 2.30. The summed E-state index contributed by atoms with van der Waals surface area (Å²) in [6.07, 6.45) is 0.937. The SMILES string of the molecule is CN/C(=N\C=N)c1cc(C)nc2c(OCc3c(Cl)cc(F)cc3CN(CCOC)C(=O)COC(F)F)cccc12. The lowest BCUT2D eigenvalue weighted by molar-refractivity contribution is -0.160. The van der Waals surface area contributed by atoms with Crippen LogP contribution in [0.2, 0.25) is 5.02 Å². The van der Waals surface area contributed by atoms with Crippen molar-refractivity contribution in [3.8, 4) is 5.75 Å². The number of alkyl halides is 2. The molecule has 0 saturated heterocycles. The topological polar surface area (TPSA) is 109 Å². The number of aromatic nitrogens is 1. The van der Waals surface area contributed by atoms with E-state index in [1.165, 1.54) is 18.1 Å². The second kappa shape index (κ2) is 14.6. The van der Waals surface area contributed by atoms with Gasteiger partial charge >= 0.3 is 6.61 Å². The lowest BCUT2D eigenvalue weighted by Crippen LogP contribution is -2.36. The maximum Gasteiger partial charge on any atom is 0.345 e. The zero-order valence-electron chi connectivity index (χ0n) is 22.1. The van der Waals surface area contributed by atoms with Crippen molar-refractivity contribution in [3.05, 3.63) is 69.6 Å². The zero-order chi connectivity index (χ0) is 29.2. The molecule has 0 aliphatic heterocycles. The summed E-state index contributed by atoms with van der Waals surface area (Å²) in [6, 6.07) is 9.51. The molecule has 2 N–H and O–H groups in total. The molecule has 13 heteroatoms. The number of benzene rings is 2. The van der Waals surface area contributed by atoms with Crippen molar-refractivity contribution in [2.45, 2.75) is 26.7 Å². The summed E-state index contributed by atoms with van der Waals surface area (Å²) in [4.78, 5) is 22.5. The average molecular weight is 580 g/mol. The molecule has 214 valence electrons. The Kier molecular flexibility index (Phi) is 11.2. The molecule has 1 amide bonds. The van der Waals surface area contributed by atoms with Gasteiger partial charge in [-0.3, -0.25) is 10.2 Å². The minimum Gasteiger partial charge on any atom is -0.487 e. The number of rotatable bonds is 13. The van der Waals surface area contributed by atoms with E-state index in [1.54, 1.807) is 19.2 Å². The van der Waals surface area contributed by atoms with Gasteiger partial charge in [-0.1, -0.05) is 23.7 Å². The number of carbonyl (C=O) groups excluding carboxylic acids is 1. The molecule has 3 rings (SSSR count). The van der Waals surface area contributed by atoms with Crippen LogP contribution in [0.1, 0.15) is 22.4 Å². The van der Waals surface area contributed by atoms with Gasteiger partial charge in [0.2, 0.25) is 5.91 Å². The number of hydrogen-bond donors (Lipinski definition) is 2. The summed E-state index contributed by atoms with van der Waals surface area (Å²) in [5.41, 5.74) is 2.67. The van der Waals surface area contributed by atoms with Crippen LogP contribution in [0.5, 0.6) is 5.75 Å². The number of aryl methyl sites for hydroxylation is 1. The summed E-state index contributed by atoms with van der Waals surface area (Å²) < 4.78 is 54.7. The second-order valence-electron chi connectivity index (χ2n) is 8.51. The van der Waals surface area contributed by atoms with Gasteiger partial charge in [-0.15, -0.1) is 0 Å². The van der Waals surface area contributed by atoms with Crippen molar-refractivity contribution in [3.63, 3.8) is 0 Å². The predicted octanol–water partition coefficient (Wildman–Crippen LogP) is 4.70. The fraction of sp³-hybridized carbons (Fsp3) is 0.333. The second-order valence-corrected chi connectivity index (χ2v) is 8.92. The number of amidine groups is 1. The number of ether oxygens (including phenoxy) is 3. The Morgan fingerprint density at radius 1 is 1.30 bits per heavy atom. The third-order valence-electron chi connectivity index (χ3n) is 5.85. The number of hydrogen-bond acceptors (Lipinski definition) is 6. The van der Waals surface area contributed by atoms with Crippen molar-refractivity contribution in [1.29, 1.82) is 5.41 Å². The van der Waals surface area contributed by atoms with Crippen LogP contribution in [0, 0.1) is 18.2 Å². The van der Waals surface area contributed by atoms with Crippen LogP contribution < -0.4 is 10.1 Å². The van der Waals surface area contributed by atoms with Gasteiger partial charge in [0.1, 0.15) is 42.5 Å². The van der Waals surface area contributed by atoms with Crippen molar-refractivity contribution >= 4 is 40.6 Å². The summed E-state index contributed by atoms with van der Waals surface area (Å²) >= 11 is 6.40. The molecule has 0 fully saturated rings. The number of para-hydroxylation sites is 1. The average Bonchev–Trinajstić information content (AvgIpc) is 2.91. The molecule has 9 nitrogen and oxygen atoms in total. The molecule has 0 aliphatic carbocycles. The Morgan fingerprint density at radius 3 is 2.75 bits per heavy atom. The summed E-state index contributed by atoms with van der Waals surface area (Å²) in [7, 11) is 3.13. The number of aliphatic imine (C=N–C) groups is 1. The molecule has 0 radical (unpaired) electrons. The van der Waals surface area contributed by atoms with Gasteiger partial charge in [0.25, 0.3) is 0 Å². The van der Waals surface area contributed by atoms with E-state index in [9.17, 15) is 18.0 Å². The molecule has 40 heavy (non-hydrogen) atoms. The van der Waals surface area contributed by atoms with E-state index in [4.69, 9.17) is 26.5 Å². The number of amides is 1. The minimum absolute atomic E-state index is 0.0523. The molecular weight excluding hydrogens is 551 g/mol. The first-order valence-electron chi connectivity index (χ1n) is 12.1. The van der Waals surface area contributed by atoms with Gasteiger partial charge in [-0.25, -0.2) is 14.4 Å². The van der Waals surface area contributed by atoms with E-state index in [0.29, 0.717) is 33.9 Å². The van der Waals surface area contributed by atoms with Crippen LogP contribution >= 0.6 is 11.6 Å². The molecule has 1 heterocycles. The number of pyridine rings is 1. The van der Waals surface area contributed by atoms with E-state index in [-0.39, 0.29) is 31.3 Å². The van der Waals surface area contributed by atoms with Crippen LogP contribution in [-0.4, -0.2) is 68.5 Å². The number of methoxy groups -OCH3 is 1. The minimum atomic E-state index is -3.11. The van der Waals surface area contributed by atoms with Crippen LogP contribution in [0.3, 0.4) is 0 Å². The highest BCUT2D eigenvalue weighted by atomic mass is 35.5. The van der Waals surface area contributed by atoms with Crippen LogP contribution in [0.25, 0.3) is 10.9 Å². The molecule has 0 unspecified atom stereocenters. The molecule has 0 saturated carbocycles. The quantitative estimate of drug-likeness (QED) is 0.224. The highest BCUT2D eigenvalue weighted by molar-refractivity contribution is 6.31. The van der Waals surface area contributed by atoms with Crippen LogP contribution in [-0.2, 0) is 27.4 Å². The number of nitrogens with one attached hydrogen (secondary N) is 2. The Balaban J connectivity index is 1.96. The molecule has 3 aromatic rings. The fourth-order valence-corrected chi connectivity index (χ4v) is 4.31. The highest BCUT2D eigenvalue weighted by Gasteiger charge is 2.21. The Morgan fingerprint density at radius 2 is 2.08 bits per heavy atom. The molecule has 0 aliphatic rings. The van der Waals surface area contributed by atoms with Gasteiger partial charge in [-0.05, 0) is 36.8 Å². The first kappa shape index (κ1) is 30.8. The van der Waals surface area contributed by atoms with Gasteiger partial charge < -0.3 is 24.4 Å². The third-order valence-corrected chi connectivity index (χ3v) is 6.19. The van der Waals surface area contributed by atoms with E-state index >= 15 is 0 Å². The van der Waals surface area contributed by atoms with Crippen molar-refractivity contribution in [2.75, 3.05) is 33.9 Å². The summed E-state index contributed by atoms with van der Waals surface area (Å²) in [5.74, 6) is -0.471. The van der Waals surface area contributed by atoms with Crippen LogP contribution in [0.4, 0.5) is 13.2 Å². The predicted molar refractivity (Wildman–Crippen MR) is 146 cm³/mol. The lowest BCUT2D eigenvalue weighted by Gasteiger charge is -2.24.